The number of piperidine rings is 2. The Kier molecular flexibility index (Phi) is 9.74. The Balaban J connectivity index is 0.000000171. The van der Waals surface area contributed by atoms with Crippen molar-refractivity contribution in [1.29, 1.82) is 10.5 Å². The SMILES string of the molecule is N#Cc1cccc(-c2noc(C3CCCCN3)n2)c1.N#Cc1cccc(-c2noc(C3CCCCN3Cc3ccc4ccccc4n3)n2)c1. The maximum Gasteiger partial charge on any atom is 0.244 e. The smallest absolute Gasteiger partial charge is 0.244 e. The topological polar surface area (TPSA) is 154 Å². The molecule has 2 unspecified atom stereocenters. The zero-order valence-corrected chi connectivity index (χ0v) is 27.0. The first-order chi connectivity index (χ1) is 24.2. The summed E-state index contributed by atoms with van der Waals surface area (Å²) in [6.45, 7) is 2.71. The largest absolute Gasteiger partial charge is 0.337 e. The van der Waals surface area contributed by atoms with Crippen LogP contribution in [0.1, 0.15) is 79.2 Å². The van der Waals surface area contributed by atoms with Gasteiger partial charge in [0.2, 0.25) is 23.4 Å². The minimum Gasteiger partial charge on any atom is -0.337 e. The van der Waals surface area contributed by atoms with Crippen molar-refractivity contribution in [2.75, 3.05) is 13.1 Å². The van der Waals surface area contributed by atoms with Crippen LogP contribution in [-0.4, -0.2) is 43.3 Å². The Morgan fingerprint density at radius 3 is 2.12 bits per heavy atom. The van der Waals surface area contributed by atoms with Gasteiger partial charge in [-0.3, -0.25) is 9.88 Å². The molecule has 0 saturated carbocycles. The van der Waals surface area contributed by atoms with E-state index in [2.05, 4.69) is 60.8 Å². The average Bonchev–Trinajstić information content (AvgIpc) is 3.87. The highest BCUT2D eigenvalue weighted by Crippen LogP contribution is 2.32. The van der Waals surface area contributed by atoms with Gasteiger partial charge in [0.05, 0.1) is 46.6 Å². The van der Waals surface area contributed by atoms with Gasteiger partial charge in [0, 0.05) is 23.1 Å². The molecule has 5 heterocycles. The molecular formula is C38H35N9O2. The highest BCUT2D eigenvalue weighted by atomic mass is 16.5. The summed E-state index contributed by atoms with van der Waals surface area (Å²) in [5.74, 6) is 2.33. The third-order valence-electron chi connectivity index (χ3n) is 8.91. The van der Waals surface area contributed by atoms with Crippen LogP contribution in [0.3, 0.4) is 0 Å². The number of rotatable bonds is 6. The lowest BCUT2D eigenvalue weighted by Gasteiger charge is -2.33. The number of nitrogens with zero attached hydrogens (tertiary/aromatic N) is 8. The number of fused-ring (bicyclic) bond motifs is 1. The van der Waals surface area contributed by atoms with Gasteiger partial charge in [-0.05, 0) is 75.2 Å². The summed E-state index contributed by atoms with van der Waals surface area (Å²) in [4.78, 5) is 16.3. The third-order valence-corrected chi connectivity index (χ3v) is 8.91. The summed E-state index contributed by atoms with van der Waals surface area (Å²) in [6, 6.07) is 31.4. The highest BCUT2D eigenvalue weighted by Gasteiger charge is 2.29. The standard InChI is InChI=1S/C24H21N5O.C14H14N4O/c25-15-17-6-5-8-19(14-17)23-27-24(30-28-23)22-10-3-4-13-29(22)16-20-12-11-18-7-1-2-9-21(18)26-20;15-9-10-4-3-5-11(8-10)13-17-14(19-18-13)12-6-1-2-7-16-12/h1-2,5-9,11-12,14,22H,3-4,10,13,16H2;3-5,8,12,16H,1-2,6-7H2. The zero-order valence-electron chi connectivity index (χ0n) is 27.0. The summed E-state index contributed by atoms with van der Waals surface area (Å²) in [5.41, 5.74) is 4.84. The molecule has 244 valence electrons. The van der Waals surface area contributed by atoms with Crippen LogP contribution in [0.2, 0.25) is 0 Å². The normalized spacial score (nSPS) is 17.8. The van der Waals surface area contributed by atoms with Crippen LogP contribution in [0.4, 0.5) is 0 Å². The van der Waals surface area contributed by atoms with Crippen LogP contribution in [-0.2, 0) is 6.54 Å². The van der Waals surface area contributed by atoms with Gasteiger partial charge < -0.3 is 14.4 Å². The number of hydrogen-bond donors (Lipinski definition) is 1. The summed E-state index contributed by atoms with van der Waals surface area (Å²) in [6.07, 6.45) is 6.66. The number of aromatic nitrogens is 5. The van der Waals surface area contributed by atoms with Crippen LogP contribution in [0, 0.1) is 22.7 Å². The number of para-hydroxylation sites is 1. The van der Waals surface area contributed by atoms with E-state index in [9.17, 15) is 0 Å². The van der Waals surface area contributed by atoms with Crippen molar-refractivity contribution in [2.45, 2.75) is 57.2 Å². The molecule has 2 atom stereocenters. The quantitative estimate of drug-likeness (QED) is 0.193. The van der Waals surface area contributed by atoms with E-state index in [0.717, 1.165) is 73.0 Å². The van der Waals surface area contributed by atoms with E-state index in [1.807, 2.05) is 42.5 Å². The van der Waals surface area contributed by atoms with Crippen molar-refractivity contribution in [3.8, 4) is 34.9 Å². The maximum absolute atomic E-state index is 9.13. The maximum atomic E-state index is 9.13. The molecule has 2 saturated heterocycles. The van der Waals surface area contributed by atoms with Crippen LogP contribution in [0.15, 0.2) is 94.0 Å². The molecule has 3 aromatic carbocycles. The summed E-state index contributed by atoms with van der Waals surface area (Å²) in [5, 5.41) is 30.7. The molecule has 1 N–H and O–H groups in total. The fourth-order valence-corrected chi connectivity index (χ4v) is 6.36. The molecule has 8 rings (SSSR count). The minimum atomic E-state index is 0.0763. The Labute approximate surface area is 284 Å². The molecule has 0 amide bonds. The summed E-state index contributed by atoms with van der Waals surface area (Å²) >= 11 is 0. The van der Waals surface area contributed by atoms with Gasteiger partial charge in [0.15, 0.2) is 0 Å². The minimum absolute atomic E-state index is 0.0763. The monoisotopic (exact) mass is 649 g/mol. The Bertz CT molecular complexity index is 2120. The van der Waals surface area contributed by atoms with E-state index in [0.29, 0.717) is 34.6 Å². The van der Waals surface area contributed by atoms with Crippen molar-refractivity contribution in [1.82, 2.24) is 35.5 Å². The van der Waals surface area contributed by atoms with Gasteiger partial charge in [-0.1, -0.05) is 71.7 Å². The molecule has 6 aromatic rings. The molecule has 3 aromatic heterocycles. The third kappa shape index (κ3) is 7.54. The number of nitrogens with one attached hydrogen (secondary N) is 1. The van der Waals surface area contributed by atoms with Gasteiger partial charge in [-0.25, -0.2) is 0 Å². The van der Waals surface area contributed by atoms with E-state index in [1.165, 1.54) is 12.8 Å². The number of likely N-dealkylation sites (tertiary alicyclic amines) is 1. The van der Waals surface area contributed by atoms with E-state index < -0.39 is 0 Å². The highest BCUT2D eigenvalue weighted by molar-refractivity contribution is 5.78. The number of hydrogen-bond acceptors (Lipinski definition) is 11. The second-order valence-electron chi connectivity index (χ2n) is 12.3. The Hall–Kier alpha value is -5.75. The molecular weight excluding hydrogens is 614 g/mol. The molecule has 0 spiro atoms. The van der Waals surface area contributed by atoms with Crippen molar-refractivity contribution < 1.29 is 9.05 Å². The lowest BCUT2D eigenvalue weighted by atomic mass is 10.0. The molecule has 11 nitrogen and oxygen atoms in total. The fourth-order valence-electron chi connectivity index (χ4n) is 6.36. The summed E-state index contributed by atoms with van der Waals surface area (Å²) < 4.78 is 11.0. The summed E-state index contributed by atoms with van der Waals surface area (Å²) in [7, 11) is 0. The predicted octanol–water partition coefficient (Wildman–Crippen LogP) is 7.31. The Morgan fingerprint density at radius 1 is 0.714 bits per heavy atom. The molecule has 0 bridgehead atoms. The lowest BCUT2D eigenvalue weighted by Crippen LogP contribution is -2.33. The molecule has 11 heteroatoms. The van der Waals surface area contributed by atoms with Gasteiger partial charge in [-0.15, -0.1) is 0 Å². The second-order valence-corrected chi connectivity index (χ2v) is 12.3. The number of pyridine rings is 1. The zero-order chi connectivity index (χ0) is 33.4. The first-order valence-electron chi connectivity index (χ1n) is 16.7. The van der Waals surface area contributed by atoms with E-state index in [4.69, 9.17) is 24.6 Å². The van der Waals surface area contributed by atoms with Crippen molar-refractivity contribution in [3.05, 3.63) is 114 Å². The second kappa shape index (κ2) is 15.0. The van der Waals surface area contributed by atoms with Crippen LogP contribution >= 0.6 is 0 Å². The van der Waals surface area contributed by atoms with Crippen LogP contribution in [0.25, 0.3) is 33.7 Å². The first-order valence-corrected chi connectivity index (χ1v) is 16.7. The molecule has 2 aliphatic rings. The molecule has 2 fully saturated rings. The molecule has 2 aliphatic heterocycles. The number of nitriles is 2. The van der Waals surface area contributed by atoms with Gasteiger partial charge in [0.1, 0.15) is 0 Å². The van der Waals surface area contributed by atoms with Gasteiger partial charge >= 0.3 is 0 Å². The van der Waals surface area contributed by atoms with E-state index in [1.54, 1.807) is 24.3 Å². The van der Waals surface area contributed by atoms with Gasteiger partial charge in [-0.2, -0.15) is 20.5 Å². The van der Waals surface area contributed by atoms with Crippen LogP contribution in [0.5, 0.6) is 0 Å². The molecule has 49 heavy (non-hydrogen) atoms. The lowest BCUT2D eigenvalue weighted by molar-refractivity contribution is 0.110. The van der Waals surface area contributed by atoms with Crippen LogP contribution < -0.4 is 5.32 Å². The Morgan fingerprint density at radius 2 is 1.41 bits per heavy atom. The first kappa shape index (κ1) is 31.8. The van der Waals surface area contributed by atoms with Crippen molar-refractivity contribution in [3.63, 3.8) is 0 Å². The molecule has 0 aliphatic carbocycles. The van der Waals surface area contributed by atoms with Gasteiger partial charge in [0.25, 0.3) is 0 Å². The van der Waals surface area contributed by atoms with E-state index >= 15 is 0 Å². The van der Waals surface area contributed by atoms with Crippen molar-refractivity contribution in [2.24, 2.45) is 0 Å². The van der Waals surface area contributed by atoms with Crippen molar-refractivity contribution >= 4 is 10.9 Å². The predicted molar refractivity (Wildman–Crippen MR) is 182 cm³/mol. The average molecular weight is 650 g/mol. The van der Waals surface area contributed by atoms with E-state index in [-0.39, 0.29) is 12.1 Å². The number of benzene rings is 3. The fraction of sp³-hybridized carbons (Fsp3) is 0.289. The molecule has 0 radical (unpaired) electrons.